The predicted molar refractivity (Wildman–Crippen MR) is 118 cm³/mol. The average molecular weight is 421 g/mol. The number of ether oxygens (including phenoxy) is 3. The Morgan fingerprint density at radius 1 is 1.23 bits per heavy atom. The lowest BCUT2D eigenvalue weighted by Gasteiger charge is -2.19. The number of rotatable bonds is 11. The highest BCUT2D eigenvalue weighted by Crippen LogP contribution is 2.20. The molecule has 2 N–H and O–H groups in total. The minimum Gasteiger partial charge on any atom is -0.497 e. The minimum absolute atomic E-state index is 0.00434. The summed E-state index contributed by atoms with van der Waals surface area (Å²) < 4.78 is 16.5. The van der Waals surface area contributed by atoms with Crippen LogP contribution in [-0.2, 0) is 20.8 Å². The highest BCUT2D eigenvalue weighted by molar-refractivity contribution is 5.81. The van der Waals surface area contributed by atoms with Crippen molar-refractivity contribution in [1.82, 2.24) is 15.5 Å². The Morgan fingerprint density at radius 2 is 2.00 bits per heavy atom. The number of methoxy groups -OCH3 is 1. The highest BCUT2D eigenvalue weighted by atomic mass is 16.5. The fourth-order valence-electron chi connectivity index (χ4n) is 3.14. The molecule has 8 heteroatoms. The molecule has 1 aromatic carbocycles. The zero-order chi connectivity index (χ0) is 21.8. The first-order chi connectivity index (χ1) is 14.5. The van der Waals surface area contributed by atoms with Crippen LogP contribution in [0.15, 0.2) is 29.3 Å². The molecular weight excluding hydrogens is 384 g/mol. The fraction of sp³-hybridized carbons (Fsp3) is 0.636. The molecule has 2 rings (SSSR count). The maximum Gasteiger partial charge on any atom is 0.251 e. The summed E-state index contributed by atoms with van der Waals surface area (Å²) in [6.07, 6.45) is 2.16. The Hall–Kier alpha value is -2.32. The standard InChI is InChI=1S/C22H36N4O4/c1-5-29-14-6-13-23-22(24-15-17-7-9-18(28-4)10-8-17)25-16-19-11-12-20(30-19)21(27)26(2)3/h7-10,19-20H,5-6,11-16H2,1-4H3,(H2,23,24,25). The van der Waals surface area contributed by atoms with Crippen molar-refractivity contribution >= 4 is 11.9 Å². The van der Waals surface area contributed by atoms with E-state index in [1.54, 1.807) is 26.1 Å². The number of benzene rings is 1. The molecule has 2 atom stereocenters. The number of aliphatic imine (C=N–C) groups is 1. The van der Waals surface area contributed by atoms with E-state index in [1.807, 2.05) is 31.2 Å². The molecular formula is C22H36N4O4. The molecule has 30 heavy (non-hydrogen) atoms. The van der Waals surface area contributed by atoms with Crippen molar-refractivity contribution in [2.45, 2.75) is 44.9 Å². The van der Waals surface area contributed by atoms with Crippen LogP contribution in [0.4, 0.5) is 0 Å². The summed E-state index contributed by atoms with van der Waals surface area (Å²) in [7, 11) is 5.17. The van der Waals surface area contributed by atoms with Gasteiger partial charge in [-0.05, 0) is 43.9 Å². The van der Waals surface area contributed by atoms with Crippen LogP contribution >= 0.6 is 0 Å². The highest BCUT2D eigenvalue weighted by Gasteiger charge is 2.31. The van der Waals surface area contributed by atoms with E-state index in [-0.39, 0.29) is 18.1 Å². The van der Waals surface area contributed by atoms with Gasteiger partial charge >= 0.3 is 0 Å². The summed E-state index contributed by atoms with van der Waals surface area (Å²) >= 11 is 0. The maximum absolute atomic E-state index is 12.1. The number of nitrogens with zero attached hydrogens (tertiary/aromatic N) is 2. The average Bonchev–Trinajstić information content (AvgIpc) is 3.23. The molecule has 0 spiro atoms. The number of amides is 1. The summed E-state index contributed by atoms with van der Waals surface area (Å²) in [5.74, 6) is 1.59. The van der Waals surface area contributed by atoms with Gasteiger partial charge in [0, 0.05) is 40.4 Å². The summed E-state index contributed by atoms with van der Waals surface area (Å²) in [5.41, 5.74) is 1.10. The predicted octanol–water partition coefficient (Wildman–Crippen LogP) is 1.79. The van der Waals surface area contributed by atoms with E-state index in [4.69, 9.17) is 19.2 Å². The molecule has 1 amide bonds. The van der Waals surface area contributed by atoms with E-state index in [0.717, 1.165) is 56.3 Å². The topological polar surface area (TPSA) is 84.4 Å². The van der Waals surface area contributed by atoms with Crippen LogP contribution in [0.25, 0.3) is 0 Å². The fourth-order valence-corrected chi connectivity index (χ4v) is 3.14. The van der Waals surface area contributed by atoms with Crippen molar-refractivity contribution in [3.05, 3.63) is 29.8 Å². The Kier molecular flexibility index (Phi) is 10.4. The first-order valence-corrected chi connectivity index (χ1v) is 10.6. The van der Waals surface area contributed by atoms with Crippen molar-refractivity contribution < 1.29 is 19.0 Å². The monoisotopic (exact) mass is 420 g/mol. The third-order valence-electron chi connectivity index (χ3n) is 4.86. The van der Waals surface area contributed by atoms with Gasteiger partial charge in [-0.2, -0.15) is 0 Å². The maximum atomic E-state index is 12.1. The molecule has 1 heterocycles. The van der Waals surface area contributed by atoms with Gasteiger partial charge in [0.25, 0.3) is 5.91 Å². The van der Waals surface area contributed by atoms with Gasteiger partial charge in [0.05, 0.1) is 19.8 Å². The second kappa shape index (κ2) is 13.1. The number of nitrogens with one attached hydrogen (secondary N) is 2. The molecule has 1 aromatic rings. The number of guanidine groups is 1. The number of hydrogen-bond acceptors (Lipinski definition) is 5. The third-order valence-corrected chi connectivity index (χ3v) is 4.86. The molecule has 1 fully saturated rings. The lowest BCUT2D eigenvalue weighted by Crippen LogP contribution is -2.42. The molecule has 8 nitrogen and oxygen atoms in total. The second-order valence-corrected chi connectivity index (χ2v) is 7.43. The van der Waals surface area contributed by atoms with Crippen LogP contribution in [0.1, 0.15) is 31.7 Å². The van der Waals surface area contributed by atoms with E-state index >= 15 is 0 Å². The Labute approximate surface area is 180 Å². The molecule has 0 bridgehead atoms. The number of likely N-dealkylation sites (N-methyl/N-ethyl adjacent to an activating group) is 1. The zero-order valence-corrected chi connectivity index (χ0v) is 18.6. The van der Waals surface area contributed by atoms with Gasteiger partial charge in [-0.3, -0.25) is 4.79 Å². The van der Waals surface area contributed by atoms with Gasteiger partial charge in [-0.25, -0.2) is 4.99 Å². The number of carbonyl (C=O) groups excluding carboxylic acids is 1. The van der Waals surface area contributed by atoms with Crippen molar-refractivity contribution in [3.63, 3.8) is 0 Å². The summed E-state index contributed by atoms with van der Waals surface area (Å²) in [5, 5.41) is 6.71. The van der Waals surface area contributed by atoms with E-state index in [1.165, 1.54) is 0 Å². The van der Waals surface area contributed by atoms with Crippen LogP contribution < -0.4 is 15.4 Å². The van der Waals surface area contributed by atoms with E-state index < -0.39 is 0 Å². The smallest absolute Gasteiger partial charge is 0.251 e. The van der Waals surface area contributed by atoms with Gasteiger partial charge in [-0.1, -0.05) is 12.1 Å². The minimum atomic E-state index is -0.342. The van der Waals surface area contributed by atoms with Gasteiger partial charge in [0.2, 0.25) is 0 Å². The normalized spacial score (nSPS) is 18.9. The molecule has 0 aliphatic carbocycles. The Bertz CT molecular complexity index is 664. The summed E-state index contributed by atoms with van der Waals surface area (Å²) in [6, 6.07) is 7.88. The lowest BCUT2D eigenvalue weighted by atomic mass is 10.2. The van der Waals surface area contributed by atoms with Gasteiger partial charge in [-0.15, -0.1) is 0 Å². The quantitative estimate of drug-likeness (QED) is 0.323. The molecule has 0 aromatic heterocycles. The second-order valence-electron chi connectivity index (χ2n) is 7.43. The van der Waals surface area contributed by atoms with Gasteiger partial charge in [0.1, 0.15) is 11.9 Å². The summed E-state index contributed by atoms with van der Waals surface area (Å²) in [4.78, 5) is 18.4. The lowest BCUT2D eigenvalue weighted by molar-refractivity contribution is -0.140. The largest absolute Gasteiger partial charge is 0.497 e. The summed E-state index contributed by atoms with van der Waals surface area (Å²) in [6.45, 7) is 5.36. The van der Waals surface area contributed by atoms with Crippen molar-refractivity contribution in [3.8, 4) is 5.75 Å². The first-order valence-electron chi connectivity index (χ1n) is 10.6. The molecule has 1 aliphatic heterocycles. The first kappa shape index (κ1) is 24.0. The SMILES string of the molecule is CCOCCCNC(=NCc1ccc(OC)cc1)NCC1CCC(C(=O)N(C)C)O1. The molecule has 168 valence electrons. The van der Waals surface area contributed by atoms with Crippen molar-refractivity contribution in [2.75, 3.05) is 47.5 Å². The van der Waals surface area contributed by atoms with Crippen LogP contribution in [0.5, 0.6) is 5.75 Å². The number of carbonyl (C=O) groups is 1. The van der Waals surface area contributed by atoms with Crippen LogP contribution in [0.3, 0.4) is 0 Å². The van der Waals surface area contributed by atoms with Gasteiger partial charge in [0.15, 0.2) is 5.96 Å². The molecule has 2 unspecified atom stereocenters. The molecule has 1 aliphatic rings. The van der Waals surface area contributed by atoms with E-state index in [0.29, 0.717) is 13.1 Å². The van der Waals surface area contributed by atoms with E-state index in [9.17, 15) is 4.79 Å². The van der Waals surface area contributed by atoms with Crippen LogP contribution in [0.2, 0.25) is 0 Å². The zero-order valence-electron chi connectivity index (χ0n) is 18.6. The number of hydrogen-bond donors (Lipinski definition) is 2. The van der Waals surface area contributed by atoms with E-state index in [2.05, 4.69) is 10.6 Å². The van der Waals surface area contributed by atoms with Gasteiger partial charge < -0.3 is 29.7 Å². The van der Waals surface area contributed by atoms with Crippen LogP contribution in [-0.4, -0.2) is 76.5 Å². The molecule has 0 saturated carbocycles. The van der Waals surface area contributed by atoms with Crippen LogP contribution in [0, 0.1) is 0 Å². The van der Waals surface area contributed by atoms with Crippen molar-refractivity contribution in [1.29, 1.82) is 0 Å². The molecule has 0 radical (unpaired) electrons. The Morgan fingerprint density at radius 3 is 2.67 bits per heavy atom. The molecule has 1 saturated heterocycles. The third kappa shape index (κ3) is 8.20. The van der Waals surface area contributed by atoms with Crippen molar-refractivity contribution in [2.24, 2.45) is 4.99 Å². The Balaban J connectivity index is 1.87.